The molecule has 0 atom stereocenters. The van der Waals surface area contributed by atoms with Crippen molar-refractivity contribution in [2.24, 2.45) is 5.73 Å². The van der Waals surface area contributed by atoms with Crippen LogP contribution >= 0.6 is 0 Å². The Morgan fingerprint density at radius 1 is 1.00 bits per heavy atom. The second-order valence-corrected chi connectivity index (χ2v) is 7.40. The molecule has 1 aliphatic carbocycles. The van der Waals surface area contributed by atoms with Gasteiger partial charge in [-0.05, 0) is 59.4 Å². The topological polar surface area (TPSA) is 78.5 Å². The quantitative estimate of drug-likeness (QED) is 0.557. The van der Waals surface area contributed by atoms with Crippen molar-refractivity contribution in [1.29, 1.82) is 5.26 Å². The molecule has 0 unspecified atom stereocenters. The largest absolute Gasteiger partial charge is 0.340 e. The normalized spacial score (nSPS) is 14.8. The van der Waals surface area contributed by atoms with Crippen LogP contribution in [0.2, 0.25) is 0 Å². The van der Waals surface area contributed by atoms with Crippen LogP contribution in [-0.2, 0) is 18.4 Å². The molecular formula is C23H17FN4. The number of nitrogens with two attached hydrogens (primary N) is 1. The Morgan fingerprint density at radius 2 is 1.68 bits per heavy atom. The molecule has 0 amide bonds. The van der Waals surface area contributed by atoms with Crippen molar-refractivity contribution in [2.45, 2.75) is 18.4 Å². The van der Waals surface area contributed by atoms with E-state index in [2.05, 4.69) is 17.1 Å². The summed E-state index contributed by atoms with van der Waals surface area (Å²) in [4.78, 5) is 8.13. The van der Waals surface area contributed by atoms with Crippen molar-refractivity contribution in [3.05, 3.63) is 89.0 Å². The molecule has 0 radical (unpaired) electrons. The van der Waals surface area contributed by atoms with Crippen LogP contribution in [0.1, 0.15) is 22.5 Å². The molecule has 3 aromatic carbocycles. The van der Waals surface area contributed by atoms with Gasteiger partial charge in [0, 0.05) is 0 Å². The Hall–Kier alpha value is -3.49. The van der Waals surface area contributed by atoms with Gasteiger partial charge in [-0.1, -0.05) is 36.4 Å². The van der Waals surface area contributed by atoms with Crippen molar-refractivity contribution in [3.63, 3.8) is 0 Å². The number of imidazole rings is 1. The molecule has 0 aliphatic heterocycles. The zero-order chi connectivity index (χ0) is 19.3. The number of hydrogen-bond donors (Lipinski definition) is 2. The number of nitrogens with one attached hydrogen (secondary N) is 1. The molecule has 0 saturated carbocycles. The highest BCUT2D eigenvalue weighted by atomic mass is 19.1. The van der Waals surface area contributed by atoms with Gasteiger partial charge in [-0.25, -0.2) is 9.37 Å². The van der Waals surface area contributed by atoms with Crippen LogP contribution in [0.3, 0.4) is 0 Å². The Labute approximate surface area is 161 Å². The Bertz CT molecular complexity index is 1240. The van der Waals surface area contributed by atoms with Crippen LogP contribution in [0.5, 0.6) is 0 Å². The highest BCUT2D eigenvalue weighted by molar-refractivity contribution is 5.82. The van der Waals surface area contributed by atoms with E-state index >= 15 is 0 Å². The van der Waals surface area contributed by atoms with Crippen LogP contribution in [0.15, 0.2) is 60.7 Å². The lowest BCUT2D eigenvalue weighted by molar-refractivity contribution is 0.447. The first-order valence-corrected chi connectivity index (χ1v) is 9.12. The fraction of sp³-hybridized carbons (Fsp3) is 0.130. The van der Waals surface area contributed by atoms with E-state index < -0.39 is 11.4 Å². The predicted molar refractivity (Wildman–Crippen MR) is 106 cm³/mol. The highest BCUT2D eigenvalue weighted by Gasteiger charge is 2.37. The molecule has 4 nitrogen and oxygen atoms in total. The van der Waals surface area contributed by atoms with Gasteiger partial charge < -0.3 is 10.7 Å². The SMILES string of the molecule is N#Cc1ccc(-c2ccc3[nH]c(C4(N)Cc5ccccc5C4)nc3c2)cc1F. The van der Waals surface area contributed by atoms with Crippen molar-refractivity contribution in [1.82, 2.24) is 9.97 Å². The molecule has 3 N–H and O–H groups in total. The fourth-order valence-corrected chi connectivity index (χ4v) is 4.02. The van der Waals surface area contributed by atoms with E-state index in [0.717, 1.165) is 35.3 Å². The first-order valence-electron chi connectivity index (χ1n) is 9.12. The maximum Gasteiger partial charge on any atom is 0.141 e. The van der Waals surface area contributed by atoms with Gasteiger partial charge in [-0.2, -0.15) is 5.26 Å². The van der Waals surface area contributed by atoms with Crippen molar-refractivity contribution in [3.8, 4) is 17.2 Å². The minimum atomic E-state index is -0.552. The second kappa shape index (κ2) is 6.01. The average Bonchev–Trinajstić information content (AvgIpc) is 3.28. The van der Waals surface area contributed by atoms with E-state index in [1.54, 1.807) is 6.07 Å². The van der Waals surface area contributed by atoms with Gasteiger partial charge >= 0.3 is 0 Å². The zero-order valence-corrected chi connectivity index (χ0v) is 15.0. The first-order chi connectivity index (χ1) is 13.6. The zero-order valence-electron chi connectivity index (χ0n) is 15.0. The number of aromatic nitrogens is 2. The van der Waals surface area contributed by atoms with E-state index in [-0.39, 0.29) is 5.56 Å². The van der Waals surface area contributed by atoms with E-state index in [0.29, 0.717) is 5.56 Å². The molecule has 5 rings (SSSR count). The van der Waals surface area contributed by atoms with Crippen molar-refractivity contribution >= 4 is 11.0 Å². The molecule has 0 fully saturated rings. The monoisotopic (exact) mass is 368 g/mol. The first kappa shape index (κ1) is 16.7. The van der Waals surface area contributed by atoms with Gasteiger partial charge in [0.05, 0.1) is 22.1 Å². The number of nitriles is 1. The maximum atomic E-state index is 14.0. The third kappa shape index (κ3) is 2.58. The molecule has 5 heteroatoms. The number of halogens is 1. The van der Waals surface area contributed by atoms with Crippen molar-refractivity contribution < 1.29 is 4.39 Å². The summed E-state index contributed by atoms with van der Waals surface area (Å²) in [6, 6.07) is 20.5. The number of benzene rings is 3. The molecule has 1 aliphatic rings. The Morgan fingerprint density at radius 3 is 2.36 bits per heavy atom. The van der Waals surface area contributed by atoms with E-state index in [1.807, 2.05) is 36.4 Å². The van der Waals surface area contributed by atoms with Gasteiger partial charge in [0.25, 0.3) is 0 Å². The lowest BCUT2D eigenvalue weighted by Gasteiger charge is -2.20. The fourth-order valence-electron chi connectivity index (χ4n) is 4.02. The summed E-state index contributed by atoms with van der Waals surface area (Å²) in [7, 11) is 0. The maximum absolute atomic E-state index is 14.0. The third-order valence-electron chi connectivity index (χ3n) is 5.51. The number of hydrogen-bond acceptors (Lipinski definition) is 3. The molecule has 0 spiro atoms. The lowest BCUT2D eigenvalue weighted by Crippen LogP contribution is -2.38. The summed E-state index contributed by atoms with van der Waals surface area (Å²) in [5.74, 6) is 0.245. The van der Waals surface area contributed by atoms with Crippen molar-refractivity contribution in [2.75, 3.05) is 0 Å². The summed E-state index contributed by atoms with van der Waals surface area (Å²) >= 11 is 0. The van der Waals surface area contributed by atoms with E-state index in [1.165, 1.54) is 23.3 Å². The van der Waals surface area contributed by atoms with Gasteiger partial charge in [0.1, 0.15) is 17.7 Å². The second-order valence-electron chi connectivity index (χ2n) is 7.40. The van der Waals surface area contributed by atoms with Crippen LogP contribution in [0.4, 0.5) is 4.39 Å². The summed E-state index contributed by atoms with van der Waals surface area (Å²) < 4.78 is 14.0. The smallest absolute Gasteiger partial charge is 0.141 e. The summed E-state index contributed by atoms with van der Waals surface area (Å²) in [6.45, 7) is 0. The van der Waals surface area contributed by atoms with Gasteiger partial charge in [0.15, 0.2) is 0 Å². The molecule has 0 bridgehead atoms. The summed E-state index contributed by atoms with van der Waals surface area (Å²) in [5.41, 5.74) is 12.0. The predicted octanol–water partition coefficient (Wildman–Crippen LogP) is 4.19. The van der Waals surface area contributed by atoms with E-state index in [4.69, 9.17) is 16.0 Å². The van der Waals surface area contributed by atoms with Crippen LogP contribution < -0.4 is 5.73 Å². The number of aromatic amines is 1. The molecule has 0 saturated heterocycles. The average molecular weight is 368 g/mol. The lowest BCUT2D eigenvalue weighted by atomic mass is 9.96. The number of fused-ring (bicyclic) bond motifs is 2. The van der Waals surface area contributed by atoms with Crippen LogP contribution in [0, 0.1) is 17.1 Å². The Balaban J connectivity index is 1.53. The van der Waals surface area contributed by atoms with Crippen LogP contribution in [-0.4, -0.2) is 9.97 Å². The van der Waals surface area contributed by atoms with Gasteiger partial charge in [0.2, 0.25) is 0 Å². The number of rotatable bonds is 2. The molecular weight excluding hydrogens is 351 g/mol. The van der Waals surface area contributed by atoms with Gasteiger partial charge in [-0.3, -0.25) is 0 Å². The Kier molecular flexibility index (Phi) is 3.58. The minimum absolute atomic E-state index is 0.0396. The molecule has 28 heavy (non-hydrogen) atoms. The number of H-pyrrole nitrogens is 1. The summed E-state index contributed by atoms with van der Waals surface area (Å²) in [6.07, 6.45) is 1.49. The summed E-state index contributed by atoms with van der Waals surface area (Å²) in [5, 5.41) is 8.90. The highest BCUT2D eigenvalue weighted by Crippen LogP contribution is 2.35. The third-order valence-corrected chi connectivity index (χ3v) is 5.51. The molecule has 4 aromatic rings. The molecule has 136 valence electrons. The molecule has 1 heterocycles. The molecule has 1 aromatic heterocycles. The number of nitrogens with zero attached hydrogens (tertiary/aromatic N) is 2. The van der Waals surface area contributed by atoms with E-state index in [9.17, 15) is 4.39 Å². The van der Waals surface area contributed by atoms with Gasteiger partial charge in [-0.15, -0.1) is 0 Å². The van der Waals surface area contributed by atoms with Crippen LogP contribution in [0.25, 0.3) is 22.2 Å². The standard InChI is InChI=1S/C23H17FN4/c24-19-9-14(5-6-18(19)13-25)15-7-8-20-21(10-15)28-22(27-20)23(26)11-16-3-1-2-4-17(16)12-23/h1-10H,11-12,26H2,(H,27,28). The minimum Gasteiger partial charge on any atom is -0.340 e.